The first-order valence-electron chi connectivity index (χ1n) is 11.1. The molecular weight excluding hydrogens is 442 g/mol. The van der Waals surface area contributed by atoms with E-state index in [1.165, 1.54) is 13.0 Å². The second kappa shape index (κ2) is 7.20. The number of allylic oxidation sites excluding steroid dienone is 4. The molecule has 4 rings (SSSR count). The van der Waals surface area contributed by atoms with Crippen LogP contribution in [0.1, 0.15) is 53.4 Å². The molecule has 0 radical (unpaired) electrons. The van der Waals surface area contributed by atoms with Crippen LogP contribution in [0.4, 0.5) is 8.78 Å². The Morgan fingerprint density at radius 2 is 1.97 bits per heavy atom. The van der Waals surface area contributed by atoms with Crippen LogP contribution in [0.15, 0.2) is 23.6 Å². The van der Waals surface area contributed by atoms with Crippen LogP contribution in [0, 0.1) is 28.6 Å². The van der Waals surface area contributed by atoms with Gasteiger partial charge in [-0.2, -0.15) is 0 Å². The smallest absolute Gasteiger partial charge is 0.303 e. The van der Waals surface area contributed by atoms with E-state index in [4.69, 9.17) is 16.3 Å². The quantitative estimate of drug-likeness (QED) is 0.498. The van der Waals surface area contributed by atoms with E-state index in [2.05, 4.69) is 0 Å². The molecule has 1 N–H and O–H groups in total. The number of aliphatic hydroxyl groups is 1. The molecule has 0 aliphatic heterocycles. The molecule has 8 heteroatoms. The SMILES string of the molecule is CC(=O)O[C@@]1(C(=O)CF)[C@@H](C)C[C@H]2[C@@H]3CCC4=C(F)C(=O)C=C[C@]4(C)[C@@]3(Cl)[C@@H](O)C[C@@]21C. The van der Waals surface area contributed by atoms with Gasteiger partial charge in [0.2, 0.25) is 11.6 Å². The molecule has 8 atom stereocenters. The van der Waals surface area contributed by atoms with Gasteiger partial charge in [0.1, 0.15) is 0 Å². The summed E-state index contributed by atoms with van der Waals surface area (Å²) < 4.78 is 34.3. The lowest BCUT2D eigenvalue weighted by atomic mass is 9.45. The Morgan fingerprint density at radius 1 is 1.31 bits per heavy atom. The van der Waals surface area contributed by atoms with Crippen LogP contribution in [-0.2, 0) is 19.1 Å². The zero-order chi connectivity index (χ0) is 23.9. The van der Waals surface area contributed by atoms with Gasteiger partial charge < -0.3 is 9.84 Å². The average Bonchev–Trinajstić information content (AvgIpc) is 2.93. The number of Topliss-reactive ketones (excluding diaryl/α,β-unsaturated/α-hetero) is 1. The molecule has 0 aromatic carbocycles. The number of rotatable bonds is 3. The molecule has 0 aromatic rings. The molecule has 4 aliphatic rings. The first kappa shape index (κ1) is 23.6. The van der Waals surface area contributed by atoms with Crippen molar-refractivity contribution in [1.82, 2.24) is 0 Å². The number of hydrogen-bond donors (Lipinski definition) is 1. The third-order valence-corrected chi connectivity index (χ3v) is 10.0. The summed E-state index contributed by atoms with van der Waals surface area (Å²) in [6, 6.07) is 0. The highest BCUT2D eigenvalue weighted by Crippen LogP contribution is 2.72. The zero-order valence-electron chi connectivity index (χ0n) is 18.7. The van der Waals surface area contributed by atoms with Crippen molar-refractivity contribution < 1.29 is 33.0 Å². The summed E-state index contributed by atoms with van der Waals surface area (Å²) in [4.78, 5) is 35.7. The Labute approximate surface area is 191 Å². The van der Waals surface area contributed by atoms with Crippen molar-refractivity contribution in [1.29, 1.82) is 0 Å². The maximum atomic E-state index is 14.8. The van der Waals surface area contributed by atoms with Gasteiger partial charge in [-0.05, 0) is 49.2 Å². The van der Waals surface area contributed by atoms with Crippen molar-refractivity contribution in [2.45, 2.75) is 70.0 Å². The topological polar surface area (TPSA) is 80.7 Å². The van der Waals surface area contributed by atoms with Gasteiger partial charge in [0.15, 0.2) is 18.1 Å². The van der Waals surface area contributed by atoms with Gasteiger partial charge in [-0.15, -0.1) is 11.6 Å². The number of hydrogen-bond acceptors (Lipinski definition) is 5. The van der Waals surface area contributed by atoms with Crippen molar-refractivity contribution in [3.63, 3.8) is 0 Å². The van der Waals surface area contributed by atoms with Crippen LogP contribution in [0.25, 0.3) is 0 Å². The van der Waals surface area contributed by atoms with Crippen molar-refractivity contribution in [3.05, 3.63) is 23.6 Å². The van der Waals surface area contributed by atoms with Crippen LogP contribution in [0.5, 0.6) is 0 Å². The molecule has 0 saturated heterocycles. The predicted octanol–water partition coefficient (Wildman–Crippen LogP) is 4.01. The number of alkyl halides is 2. The number of fused-ring (bicyclic) bond motifs is 5. The minimum atomic E-state index is -1.71. The zero-order valence-corrected chi connectivity index (χ0v) is 19.5. The minimum Gasteiger partial charge on any atom is -0.450 e. The van der Waals surface area contributed by atoms with E-state index in [1.54, 1.807) is 26.8 Å². The van der Waals surface area contributed by atoms with E-state index < -0.39 is 63.4 Å². The highest BCUT2D eigenvalue weighted by Gasteiger charge is 2.76. The standard InChI is InChI=1S/C24H29ClF2O5/c1-12-9-16-14-5-6-15-20(27)17(29)7-8-21(15,3)23(14,25)18(30)10-22(16,4)24(12,19(31)11-26)32-13(2)28/h7-8,12,14,16,18,30H,5-6,9-11H2,1-4H3/t12-,14-,16-,18-,21-,22-,23-,24+/m0/s1. The number of esters is 1. The van der Waals surface area contributed by atoms with Crippen LogP contribution < -0.4 is 0 Å². The number of ether oxygens (including phenoxy) is 1. The summed E-state index contributed by atoms with van der Waals surface area (Å²) in [5, 5.41) is 11.5. The Balaban J connectivity index is 1.88. The van der Waals surface area contributed by atoms with Gasteiger partial charge in [0, 0.05) is 23.7 Å². The number of ketones is 2. The van der Waals surface area contributed by atoms with Gasteiger partial charge in [0.25, 0.3) is 0 Å². The second-order valence-corrected chi connectivity index (χ2v) is 11.0. The summed E-state index contributed by atoms with van der Waals surface area (Å²) in [5.74, 6) is -4.16. The maximum Gasteiger partial charge on any atom is 0.303 e. The Morgan fingerprint density at radius 3 is 2.56 bits per heavy atom. The van der Waals surface area contributed by atoms with Gasteiger partial charge >= 0.3 is 5.97 Å². The molecular formula is C24H29ClF2O5. The Bertz CT molecular complexity index is 962. The molecule has 4 aliphatic carbocycles. The molecule has 0 bridgehead atoms. The highest BCUT2D eigenvalue weighted by molar-refractivity contribution is 6.26. The van der Waals surface area contributed by atoms with E-state index in [1.807, 2.05) is 0 Å². The molecule has 0 unspecified atom stereocenters. The van der Waals surface area contributed by atoms with Crippen molar-refractivity contribution in [3.8, 4) is 0 Å². The fourth-order valence-electron chi connectivity index (χ4n) is 7.80. The van der Waals surface area contributed by atoms with E-state index in [0.29, 0.717) is 12.8 Å². The van der Waals surface area contributed by atoms with Crippen molar-refractivity contribution >= 4 is 29.1 Å². The third-order valence-electron chi connectivity index (χ3n) is 9.11. The average molecular weight is 471 g/mol. The van der Waals surface area contributed by atoms with Gasteiger partial charge in [-0.3, -0.25) is 14.4 Å². The van der Waals surface area contributed by atoms with E-state index in [-0.39, 0.29) is 30.3 Å². The lowest BCUT2D eigenvalue weighted by Gasteiger charge is -2.64. The summed E-state index contributed by atoms with van der Waals surface area (Å²) in [5.41, 5.74) is -3.57. The maximum absolute atomic E-state index is 14.8. The summed E-state index contributed by atoms with van der Waals surface area (Å²) in [7, 11) is 0. The number of halogens is 3. The molecule has 0 spiro atoms. The van der Waals surface area contributed by atoms with Crippen LogP contribution in [0.2, 0.25) is 0 Å². The molecule has 176 valence electrons. The minimum absolute atomic E-state index is 0.0205. The Hall–Kier alpha value is -1.60. The fourth-order valence-corrected chi connectivity index (χ4v) is 8.32. The number of carbonyl (C=O) groups excluding carboxylic acids is 3. The second-order valence-electron chi connectivity index (χ2n) is 10.4. The van der Waals surface area contributed by atoms with Gasteiger partial charge in [-0.1, -0.05) is 26.8 Å². The van der Waals surface area contributed by atoms with E-state index in [0.717, 1.165) is 0 Å². The van der Waals surface area contributed by atoms with Crippen LogP contribution >= 0.6 is 11.6 Å². The number of carbonyl (C=O) groups is 3. The van der Waals surface area contributed by atoms with Crippen LogP contribution in [0.3, 0.4) is 0 Å². The molecule has 3 saturated carbocycles. The molecule has 0 amide bonds. The largest absolute Gasteiger partial charge is 0.450 e. The van der Waals surface area contributed by atoms with Crippen LogP contribution in [-0.4, -0.2) is 45.9 Å². The first-order chi connectivity index (χ1) is 14.8. The highest BCUT2D eigenvalue weighted by atomic mass is 35.5. The fraction of sp³-hybridized carbons (Fsp3) is 0.708. The molecule has 3 fully saturated rings. The summed E-state index contributed by atoms with van der Waals surface area (Å²) >= 11 is 7.26. The lowest BCUT2D eigenvalue weighted by Crippen LogP contribution is -2.69. The Kier molecular flexibility index (Phi) is 5.30. The normalized spacial score (nSPS) is 47.6. The van der Waals surface area contributed by atoms with Gasteiger partial charge in [0.05, 0.1) is 11.0 Å². The summed E-state index contributed by atoms with van der Waals surface area (Å²) in [6.45, 7) is 5.17. The monoisotopic (exact) mass is 470 g/mol. The molecule has 5 nitrogen and oxygen atoms in total. The van der Waals surface area contributed by atoms with E-state index >= 15 is 0 Å². The first-order valence-corrected chi connectivity index (χ1v) is 11.5. The predicted molar refractivity (Wildman–Crippen MR) is 113 cm³/mol. The molecule has 0 heterocycles. The van der Waals surface area contributed by atoms with E-state index in [9.17, 15) is 28.3 Å². The van der Waals surface area contributed by atoms with Gasteiger partial charge in [-0.25, -0.2) is 8.78 Å². The molecule has 0 aromatic heterocycles. The third kappa shape index (κ3) is 2.55. The van der Waals surface area contributed by atoms with Crippen molar-refractivity contribution in [2.24, 2.45) is 28.6 Å². The number of aliphatic hydroxyl groups excluding tert-OH is 1. The lowest BCUT2D eigenvalue weighted by molar-refractivity contribution is -0.200. The molecule has 32 heavy (non-hydrogen) atoms. The van der Waals surface area contributed by atoms with Crippen molar-refractivity contribution in [2.75, 3.05) is 6.67 Å². The summed E-state index contributed by atoms with van der Waals surface area (Å²) in [6.07, 6.45) is 2.64.